The first-order chi connectivity index (χ1) is 9.55. The molecule has 0 aromatic carbocycles. The number of aromatic nitrogens is 1. The van der Waals surface area contributed by atoms with Crippen molar-refractivity contribution in [1.82, 2.24) is 4.57 Å². The fourth-order valence-electron chi connectivity index (χ4n) is 4.34. The molecule has 0 spiro atoms. The zero-order valence-corrected chi connectivity index (χ0v) is 12.6. The van der Waals surface area contributed by atoms with Crippen molar-refractivity contribution < 1.29 is 4.74 Å². The zero-order chi connectivity index (χ0) is 13.9. The zero-order valence-electron chi connectivity index (χ0n) is 12.6. The second kappa shape index (κ2) is 4.35. The highest BCUT2D eigenvalue weighted by molar-refractivity contribution is 5.31. The molecule has 3 unspecified atom stereocenters. The Hall–Kier alpha value is -0.800. The number of ether oxygens (including phenoxy) is 1. The predicted molar refractivity (Wildman–Crippen MR) is 79.6 cm³/mol. The van der Waals surface area contributed by atoms with Crippen molar-refractivity contribution in [2.45, 2.75) is 64.1 Å². The Morgan fingerprint density at radius 1 is 1.30 bits per heavy atom. The largest absolute Gasteiger partial charge is 0.376 e. The minimum atomic E-state index is 0.205. The minimum absolute atomic E-state index is 0.205. The Kier molecular flexibility index (Phi) is 2.80. The van der Waals surface area contributed by atoms with Gasteiger partial charge in [-0.2, -0.15) is 0 Å². The van der Waals surface area contributed by atoms with Crippen molar-refractivity contribution in [3.05, 3.63) is 23.5 Å². The molecule has 20 heavy (non-hydrogen) atoms. The molecule has 0 bridgehead atoms. The Bertz CT molecular complexity index is 515. The third-order valence-corrected chi connectivity index (χ3v) is 5.42. The van der Waals surface area contributed by atoms with E-state index in [0.717, 1.165) is 31.8 Å². The molecule has 110 valence electrons. The summed E-state index contributed by atoms with van der Waals surface area (Å²) in [4.78, 5) is 0. The summed E-state index contributed by atoms with van der Waals surface area (Å²) < 4.78 is 8.55. The maximum Gasteiger partial charge on any atom is 0.0810 e. The fraction of sp³-hybridized carbons (Fsp3) is 0.765. The molecule has 0 amide bonds. The van der Waals surface area contributed by atoms with E-state index in [1.807, 2.05) is 0 Å². The van der Waals surface area contributed by atoms with Gasteiger partial charge in [-0.05, 0) is 55.1 Å². The quantitative estimate of drug-likeness (QED) is 0.899. The SMILES string of the molecule is CC1(C)Cc2c(ccn2C2CCOC2C2CC2)C(N)C1. The van der Waals surface area contributed by atoms with Gasteiger partial charge in [-0.15, -0.1) is 0 Å². The van der Waals surface area contributed by atoms with Gasteiger partial charge in [0.1, 0.15) is 0 Å². The first-order valence-electron chi connectivity index (χ1n) is 8.12. The van der Waals surface area contributed by atoms with Crippen molar-refractivity contribution in [1.29, 1.82) is 0 Å². The summed E-state index contributed by atoms with van der Waals surface area (Å²) in [6.07, 6.45) is 8.85. The molecule has 2 fully saturated rings. The van der Waals surface area contributed by atoms with Crippen molar-refractivity contribution in [3.63, 3.8) is 0 Å². The lowest BCUT2D eigenvalue weighted by Crippen LogP contribution is -2.32. The lowest BCUT2D eigenvalue weighted by molar-refractivity contribution is 0.0740. The van der Waals surface area contributed by atoms with E-state index in [4.69, 9.17) is 10.5 Å². The molecule has 0 radical (unpaired) electrons. The van der Waals surface area contributed by atoms with E-state index in [-0.39, 0.29) is 6.04 Å². The maximum absolute atomic E-state index is 6.40. The van der Waals surface area contributed by atoms with Crippen LogP contribution >= 0.6 is 0 Å². The molecule has 4 rings (SSSR count). The van der Waals surface area contributed by atoms with E-state index in [9.17, 15) is 0 Å². The molecule has 1 saturated heterocycles. The highest BCUT2D eigenvalue weighted by Gasteiger charge is 2.43. The Labute approximate surface area is 121 Å². The first-order valence-corrected chi connectivity index (χ1v) is 8.12. The van der Waals surface area contributed by atoms with Crippen LogP contribution in [0.4, 0.5) is 0 Å². The number of hydrogen-bond donors (Lipinski definition) is 1. The van der Waals surface area contributed by atoms with Crippen molar-refractivity contribution >= 4 is 0 Å². The average Bonchev–Trinajstić information content (AvgIpc) is 2.95. The van der Waals surface area contributed by atoms with Crippen LogP contribution in [-0.4, -0.2) is 17.3 Å². The molecule has 3 aliphatic rings. The highest BCUT2D eigenvalue weighted by Crippen LogP contribution is 2.46. The summed E-state index contributed by atoms with van der Waals surface area (Å²) in [5.74, 6) is 0.811. The van der Waals surface area contributed by atoms with Gasteiger partial charge in [0.25, 0.3) is 0 Å². The second-order valence-electron chi connectivity index (χ2n) is 7.81. The molecule has 3 atom stereocenters. The third kappa shape index (κ3) is 2.03. The van der Waals surface area contributed by atoms with E-state index < -0.39 is 0 Å². The second-order valence-corrected chi connectivity index (χ2v) is 7.81. The fourth-order valence-corrected chi connectivity index (χ4v) is 4.34. The highest BCUT2D eigenvalue weighted by atomic mass is 16.5. The van der Waals surface area contributed by atoms with Crippen LogP contribution in [0.1, 0.15) is 62.9 Å². The van der Waals surface area contributed by atoms with E-state index >= 15 is 0 Å². The molecule has 2 heterocycles. The van der Waals surface area contributed by atoms with E-state index in [0.29, 0.717) is 17.6 Å². The van der Waals surface area contributed by atoms with Crippen molar-refractivity contribution in [2.75, 3.05) is 6.61 Å². The summed E-state index contributed by atoms with van der Waals surface area (Å²) in [6, 6.07) is 3.02. The van der Waals surface area contributed by atoms with Crippen molar-refractivity contribution in [2.24, 2.45) is 17.1 Å². The predicted octanol–water partition coefficient (Wildman–Crippen LogP) is 3.20. The lowest BCUT2D eigenvalue weighted by Gasteiger charge is -2.36. The summed E-state index contributed by atoms with van der Waals surface area (Å²) in [6.45, 7) is 5.61. The molecule has 2 N–H and O–H groups in total. The van der Waals surface area contributed by atoms with Crippen LogP contribution in [0, 0.1) is 11.3 Å². The molecular weight excluding hydrogens is 248 g/mol. The Balaban J connectivity index is 1.69. The minimum Gasteiger partial charge on any atom is -0.376 e. The smallest absolute Gasteiger partial charge is 0.0810 e. The van der Waals surface area contributed by atoms with Gasteiger partial charge in [-0.3, -0.25) is 0 Å². The summed E-state index contributed by atoms with van der Waals surface area (Å²) in [5.41, 5.74) is 9.57. The van der Waals surface area contributed by atoms with Gasteiger partial charge in [-0.25, -0.2) is 0 Å². The topological polar surface area (TPSA) is 40.2 Å². The van der Waals surface area contributed by atoms with Gasteiger partial charge in [0.2, 0.25) is 0 Å². The lowest BCUT2D eigenvalue weighted by atomic mass is 9.74. The van der Waals surface area contributed by atoms with Gasteiger partial charge < -0.3 is 15.0 Å². The summed E-state index contributed by atoms with van der Waals surface area (Å²) >= 11 is 0. The Morgan fingerprint density at radius 2 is 2.10 bits per heavy atom. The average molecular weight is 274 g/mol. The van der Waals surface area contributed by atoms with E-state index in [1.54, 1.807) is 0 Å². The number of hydrogen-bond acceptors (Lipinski definition) is 2. The molecule has 1 aromatic rings. The van der Waals surface area contributed by atoms with Crippen LogP contribution in [-0.2, 0) is 11.2 Å². The normalized spacial score (nSPS) is 36.0. The first kappa shape index (κ1) is 12.9. The number of nitrogens with two attached hydrogens (primary N) is 1. The number of fused-ring (bicyclic) bond motifs is 1. The van der Waals surface area contributed by atoms with Gasteiger partial charge in [0.05, 0.1) is 12.1 Å². The molecule has 1 aromatic heterocycles. The Morgan fingerprint density at radius 3 is 2.85 bits per heavy atom. The van der Waals surface area contributed by atoms with E-state index in [1.165, 1.54) is 24.1 Å². The van der Waals surface area contributed by atoms with Gasteiger partial charge >= 0.3 is 0 Å². The molecular formula is C17H26N2O. The van der Waals surface area contributed by atoms with Crippen LogP contribution in [0.25, 0.3) is 0 Å². The van der Waals surface area contributed by atoms with E-state index in [2.05, 4.69) is 30.7 Å². The third-order valence-electron chi connectivity index (χ3n) is 5.42. The molecule has 1 aliphatic heterocycles. The molecule has 1 saturated carbocycles. The van der Waals surface area contributed by atoms with Crippen LogP contribution in [0.5, 0.6) is 0 Å². The standard InChI is InChI=1S/C17H26N2O/c1-17(2)9-13(18)12-5-7-19(15(12)10-17)14-6-8-20-16(14)11-3-4-11/h5,7,11,13-14,16H,3-4,6,8-10,18H2,1-2H3. The summed E-state index contributed by atoms with van der Waals surface area (Å²) in [5, 5.41) is 0. The molecule has 3 nitrogen and oxygen atoms in total. The number of nitrogens with zero attached hydrogens (tertiary/aromatic N) is 1. The number of rotatable bonds is 2. The molecule has 2 aliphatic carbocycles. The summed E-state index contributed by atoms with van der Waals surface area (Å²) in [7, 11) is 0. The molecule has 3 heteroatoms. The van der Waals surface area contributed by atoms with Crippen LogP contribution < -0.4 is 5.73 Å². The van der Waals surface area contributed by atoms with Gasteiger partial charge in [0, 0.05) is 24.5 Å². The monoisotopic (exact) mass is 274 g/mol. The van der Waals surface area contributed by atoms with Gasteiger partial charge in [0.15, 0.2) is 0 Å². The van der Waals surface area contributed by atoms with Crippen LogP contribution in [0.2, 0.25) is 0 Å². The van der Waals surface area contributed by atoms with Crippen LogP contribution in [0.15, 0.2) is 12.3 Å². The van der Waals surface area contributed by atoms with Crippen LogP contribution in [0.3, 0.4) is 0 Å². The van der Waals surface area contributed by atoms with Crippen molar-refractivity contribution in [3.8, 4) is 0 Å². The maximum atomic E-state index is 6.40. The van der Waals surface area contributed by atoms with Gasteiger partial charge in [-0.1, -0.05) is 13.8 Å².